The highest BCUT2D eigenvalue weighted by molar-refractivity contribution is 6.15. The Balaban J connectivity index is 1.32. The van der Waals surface area contributed by atoms with E-state index >= 15 is 0 Å². The van der Waals surface area contributed by atoms with Gasteiger partial charge >= 0.3 is 5.97 Å². The number of ether oxygens (including phenoxy) is 2. The lowest BCUT2D eigenvalue weighted by molar-refractivity contribution is -0.147. The van der Waals surface area contributed by atoms with E-state index in [9.17, 15) is 19.2 Å². The van der Waals surface area contributed by atoms with Crippen LogP contribution in [0.5, 0.6) is 5.75 Å². The van der Waals surface area contributed by atoms with Crippen molar-refractivity contribution in [3.8, 4) is 5.75 Å². The van der Waals surface area contributed by atoms with Crippen molar-refractivity contribution in [1.82, 2.24) is 0 Å². The molecule has 0 unspecified atom stereocenters. The fourth-order valence-corrected chi connectivity index (χ4v) is 4.84. The molecular formula is C24H23N3O6. The number of amides is 3. The van der Waals surface area contributed by atoms with Crippen molar-refractivity contribution < 1.29 is 28.7 Å². The van der Waals surface area contributed by atoms with Gasteiger partial charge in [0.25, 0.3) is 17.7 Å². The highest BCUT2D eigenvalue weighted by Gasteiger charge is 2.52. The number of para-hydroxylation sites is 4. The van der Waals surface area contributed by atoms with Gasteiger partial charge < -0.3 is 14.8 Å². The number of anilines is 3. The van der Waals surface area contributed by atoms with Crippen LogP contribution in [0, 0.1) is 0 Å². The van der Waals surface area contributed by atoms with E-state index in [2.05, 4.69) is 5.32 Å². The molecule has 1 fully saturated rings. The maximum atomic E-state index is 13.3. The molecule has 9 nitrogen and oxygen atoms in total. The van der Waals surface area contributed by atoms with E-state index in [1.807, 2.05) is 0 Å². The number of carbonyl (C=O) groups is 4. The van der Waals surface area contributed by atoms with Gasteiger partial charge in [-0.15, -0.1) is 0 Å². The van der Waals surface area contributed by atoms with Crippen LogP contribution in [0.3, 0.4) is 0 Å². The van der Waals surface area contributed by atoms with E-state index in [-0.39, 0.29) is 25.0 Å². The summed E-state index contributed by atoms with van der Waals surface area (Å²) in [4.78, 5) is 53.9. The zero-order chi connectivity index (χ0) is 23.0. The van der Waals surface area contributed by atoms with Gasteiger partial charge in [-0.1, -0.05) is 37.1 Å². The lowest BCUT2D eigenvalue weighted by Gasteiger charge is -2.44. The zero-order valence-electron chi connectivity index (χ0n) is 17.9. The van der Waals surface area contributed by atoms with Crippen LogP contribution in [-0.4, -0.2) is 49.0 Å². The summed E-state index contributed by atoms with van der Waals surface area (Å²) in [5.74, 6) is -1.28. The Kier molecular flexibility index (Phi) is 5.24. The summed E-state index contributed by atoms with van der Waals surface area (Å²) in [7, 11) is 0. The first-order valence-corrected chi connectivity index (χ1v) is 10.9. The molecule has 2 aromatic carbocycles. The molecule has 1 saturated carbocycles. The van der Waals surface area contributed by atoms with Gasteiger partial charge in [0.05, 0.1) is 17.1 Å². The molecule has 1 aliphatic carbocycles. The normalized spacial score (nSPS) is 18.3. The third kappa shape index (κ3) is 3.59. The molecule has 1 N–H and O–H groups in total. The van der Waals surface area contributed by atoms with Crippen LogP contribution in [0.25, 0.3) is 0 Å². The van der Waals surface area contributed by atoms with Gasteiger partial charge in [-0.05, 0) is 37.1 Å². The molecule has 3 aliphatic rings. The first kappa shape index (κ1) is 21.0. The summed E-state index contributed by atoms with van der Waals surface area (Å²) in [5, 5.41) is 2.91. The maximum Gasteiger partial charge on any atom is 0.326 e. The Morgan fingerprint density at radius 2 is 1.70 bits per heavy atom. The van der Waals surface area contributed by atoms with Crippen LogP contribution >= 0.6 is 0 Å². The molecule has 2 aliphatic heterocycles. The quantitative estimate of drug-likeness (QED) is 0.718. The number of hydrogen-bond donors (Lipinski definition) is 1. The molecule has 2 heterocycles. The fourth-order valence-electron chi connectivity index (χ4n) is 4.84. The molecular weight excluding hydrogens is 426 g/mol. The minimum absolute atomic E-state index is 0.175. The SMILES string of the molecule is O=C(CN1C(=O)COc2ccccc21)OCC(=O)N1c2ccccc2NC(=O)C12CCCC2. The first-order valence-electron chi connectivity index (χ1n) is 10.9. The van der Waals surface area contributed by atoms with Crippen molar-refractivity contribution >= 4 is 40.8 Å². The minimum atomic E-state index is -0.975. The van der Waals surface area contributed by atoms with Gasteiger partial charge in [-0.25, -0.2) is 0 Å². The standard InChI is InChI=1S/C24H23N3O6/c28-20-14-32-19-10-4-3-9-18(19)26(20)13-22(30)33-15-21(29)27-17-8-2-1-7-16(17)25-23(31)24(27)11-5-6-12-24/h1-4,7-10H,5-6,11-15H2,(H,25,31). The van der Waals surface area contributed by atoms with Crippen LogP contribution in [-0.2, 0) is 23.9 Å². The Morgan fingerprint density at radius 1 is 1.00 bits per heavy atom. The number of fused-ring (bicyclic) bond motifs is 2. The Labute approximate surface area is 190 Å². The molecule has 0 aromatic heterocycles. The number of nitrogens with one attached hydrogen (secondary N) is 1. The topological polar surface area (TPSA) is 105 Å². The van der Waals surface area contributed by atoms with Gasteiger partial charge in [0.2, 0.25) is 0 Å². The molecule has 0 atom stereocenters. The van der Waals surface area contributed by atoms with Crippen molar-refractivity contribution in [2.24, 2.45) is 0 Å². The smallest absolute Gasteiger partial charge is 0.326 e. The molecule has 3 amide bonds. The average Bonchev–Trinajstić information content (AvgIpc) is 3.31. The third-order valence-corrected chi connectivity index (χ3v) is 6.38. The van der Waals surface area contributed by atoms with Gasteiger partial charge in [0.1, 0.15) is 17.8 Å². The van der Waals surface area contributed by atoms with Gasteiger partial charge in [0.15, 0.2) is 13.2 Å². The number of benzene rings is 2. The first-order chi connectivity index (χ1) is 16.0. The van der Waals surface area contributed by atoms with Gasteiger partial charge in [0, 0.05) is 0 Å². The highest BCUT2D eigenvalue weighted by atomic mass is 16.5. The lowest BCUT2D eigenvalue weighted by Crippen LogP contribution is -2.61. The van der Waals surface area contributed by atoms with Crippen LogP contribution in [0.15, 0.2) is 48.5 Å². The number of carbonyl (C=O) groups excluding carboxylic acids is 4. The van der Waals surface area contributed by atoms with Crippen LogP contribution < -0.4 is 19.9 Å². The molecule has 1 spiro atoms. The summed E-state index contributed by atoms with van der Waals surface area (Å²) in [6, 6.07) is 14.0. The second-order valence-electron chi connectivity index (χ2n) is 8.34. The van der Waals surface area contributed by atoms with E-state index in [0.29, 0.717) is 35.7 Å². The lowest BCUT2D eigenvalue weighted by atomic mass is 9.90. The molecule has 2 aromatic rings. The largest absolute Gasteiger partial charge is 0.482 e. The molecule has 5 rings (SSSR count). The Hall–Kier alpha value is -3.88. The van der Waals surface area contributed by atoms with Crippen molar-refractivity contribution in [2.75, 3.05) is 34.9 Å². The summed E-state index contributed by atoms with van der Waals surface area (Å²) >= 11 is 0. The van der Waals surface area contributed by atoms with E-state index in [4.69, 9.17) is 9.47 Å². The summed E-state index contributed by atoms with van der Waals surface area (Å²) in [5.41, 5.74) is 0.646. The predicted molar refractivity (Wildman–Crippen MR) is 119 cm³/mol. The average molecular weight is 449 g/mol. The van der Waals surface area contributed by atoms with Crippen LogP contribution in [0.4, 0.5) is 17.1 Å². The Bertz CT molecular complexity index is 1140. The molecule has 0 saturated heterocycles. The third-order valence-electron chi connectivity index (χ3n) is 6.38. The van der Waals surface area contributed by atoms with E-state index < -0.39 is 24.0 Å². The molecule has 0 radical (unpaired) electrons. The maximum absolute atomic E-state index is 13.3. The molecule has 9 heteroatoms. The number of esters is 1. The van der Waals surface area contributed by atoms with Crippen molar-refractivity contribution in [3.05, 3.63) is 48.5 Å². The van der Waals surface area contributed by atoms with Crippen molar-refractivity contribution in [1.29, 1.82) is 0 Å². The van der Waals surface area contributed by atoms with E-state index in [0.717, 1.165) is 12.8 Å². The summed E-state index contributed by atoms with van der Waals surface area (Å²) in [6.07, 6.45) is 2.76. The summed E-state index contributed by atoms with van der Waals surface area (Å²) in [6.45, 7) is -1.04. The molecule has 33 heavy (non-hydrogen) atoms. The van der Waals surface area contributed by atoms with Crippen LogP contribution in [0.2, 0.25) is 0 Å². The number of nitrogens with zero attached hydrogens (tertiary/aromatic N) is 2. The zero-order valence-corrected chi connectivity index (χ0v) is 17.9. The monoisotopic (exact) mass is 449 g/mol. The van der Waals surface area contributed by atoms with Crippen molar-refractivity contribution in [3.63, 3.8) is 0 Å². The van der Waals surface area contributed by atoms with Crippen molar-refractivity contribution in [2.45, 2.75) is 31.2 Å². The van der Waals surface area contributed by atoms with Gasteiger partial charge in [-0.3, -0.25) is 29.0 Å². The molecule has 0 bridgehead atoms. The number of hydrogen-bond acceptors (Lipinski definition) is 6. The number of rotatable bonds is 4. The second kappa shape index (κ2) is 8.23. The second-order valence-corrected chi connectivity index (χ2v) is 8.34. The predicted octanol–water partition coefficient (Wildman–Crippen LogP) is 2.25. The molecule has 170 valence electrons. The summed E-state index contributed by atoms with van der Waals surface area (Å²) < 4.78 is 10.7. The Morgan fingerprint density at radius 3 is 2.48 bits per heavy atom. The van der Waals surface area contributed by atoms with Crippen LogP contribution in [0.1, 0.15) is 25.7 Å². The van der Waals surface area contributed by atoms with Gasteiger partial charge in [-0.2, -0.15) is 0 Å². The fraction of sp³-hybridized carbons (Fsp3) is 0.333. The highest BCUT2D eigenvalue weighted by Crippen LogP contribution is 2.45. The van der Waals surface area contributed by atoms with E-state index in [1.54, 1.807) is 48.5 Å². The minimum Gasteiger partial charge on any atom is -0.482 e. The van der Waals surface area contributed by atoms with E-state index in [1.165, 1.54) is 9.80 Å².